The number of benzene rings is 1. The second-order valence-corrected chi connectivity index (χ2v) is 4.27. The Balaban J connectivity index is 1.84. The monoisotopic (exact) mass is 244 g/mol. The normalized spacial score (nSPS) is 10.5. The molecule has 4 nitrogen and oxygen atoms in total. The van der Waals surface area contributed by atoms with Crippen LogP contribution in [0, 0.1) is 0 Å². The number of nitrogens with zero attached hydrogens (tertiary/aromatic N) is 3. The van der Waals surface area contributed by atoms with Crippen LogP contribution in [0.2, 0.25) is 0 Å². The Labute approximate surface area is 108 Å². The fraction of sp³-hybridized carbons (Fsp3) is 0.357. The lowest BCUT2D eigenvalue weighted by Crippen LogP contribution is -2.24. The Kier molecular flexibility index (Phi) is 4.23. The Bertz CT molecular complexity index is 464. The van der Waals surface area contributed by atoms with Gasteiger partial charge in [0.05, 0.1) is 0 Å². The first-order valence-corrected chi connectivity index (χ1v) is 6.38. The topological polar surface area (TPSA) is 47.1 Å². The summed E-state index contributed by atoms with van der Waals surface area (Å²) in [5.41, 5.74) is 6.86. The van der Waals surface area contributed by atoms with Gasteiger partial charge in [0.25, 0.3) is 0 Å². The molecule has 2 rings (SSSR count). The van der Waals surface area contributed by atoms with E-state index in [1.54, 1.807) is 0 Å². The molecule has 1 aromatic carbocycles. The molecule has 0 saturated carbocycles. The predicted octanol–water partition coefficient (Wildman–Crippen LogP) is 2.38. The highest BCUT2D eigenvalue weighted by atomic mass is 15.3. The fourth-order valence-electron chi connectivity index (χ4n) is 2.03. The zero-order valence-electron chi connectivity index (χ0n) is 10.8. The first kappa shape index (κ1) is 12.5. The Morgan fingerprint density at radius 3 is 2.61 bits per heavy atom. The van der Waals surface area contributed by atoms with Crippen LogP contribution in [0.4, 0.5) is 11.5 Å². The number of nitrogen functional groups attached to an aromatic ring is 1. The second kappa shape index (κ2) is 6.10. The molecule has 0 atom stereocenters. The van der Waals surface area contributed by atoms with Crippen LogP contribution in [0.5, 0.6) is 0 Å². The Morgan fingerprint density at radius 2 is 2.00 bits per heavy atom. The largest absolute Gasteiger partial charge is 0.382 e. The lowest BCUT2D eigenvalue weighted by Gasteiger charge is -2.22. The van der Waals surface area contributed by atoms with Gasteiger partial charge in [0, 0.05) is 31.5 Å². The van der Waals surface area contributed by atoms with E-state index in [9.17, 15) is 0 Å². The molecule has 18 heavy (non-hydrogen) atoms. The zero-order chi connectivity index (χ0) is 12.8. The summed E-state index contributed by atoms with van der Waals surface area (Å²) in [7, 11) is 0. The van der Waals surface area contributed by atoms with Gasteiger partial charge in [-0.2, -0.15) is 5.10 Å². The average molecular weight is 244 g/mol. The molecule has 1 heterocycles. The minimum absolute atomic E-state index is 0.588. The molecular formula is C14H20N4. The quantitative estimate of drug-likeness (QED) is 0.848. The van der Waals surface area contributed by atoms with Crippen molar-refractivity contribution >= 4 is 11.5 Å². The van der Waals surface area contributed by atoms with Crippen LogP contribution in [0.3, 0.4) is 0 Å². The highest BCUT2D eigenvalue weighted by molar-refractivity contribution is 5.45. The summed E-state index contributed by atoms with van der Waals surface area (Å²) in [5.74, 6) is 0.588. The maximum absolute atomic E-state index is 5.58. The van der Waals surface area contributed by atoms with E-state index in [0.29, 0.717) is 5.82 Å². The third-order valence-electron chi connectivity index (χ3n) is 2.98. The van der Waals surface area contributed by atoms with Gasteiger partial charge in [-0.3, -0.25) is 4.68 Å². The van der Waals surface area contributed by atoms with Gasteiger partial charge in [-0.1, -0.05) is 18.2 Å². The standard InChI is InChI=1S/C14H20N4/c1-2-17(13-7-4-3-5-8-13)10-6-11-18-12-9-14(15)16-18/h3-5,7-9,12H,2,6,10-11H2,1H3,(H2,15,16). The van der Waals surface area contributed by atoms with E-state index in [-0.39, 0.29) is 0 Å². The van der Waals surface area contributed by atoms with Crippen LogP contribution in [0.15, 0.2) is 42.6 Å². The van der Waals surface area contributed by atoms with Crippen molar-refractivity contribution in [3.63, 3.8) is 0 Å². The molecule has 0 aliphatic rings. The van der Waals surface area contributed by atoms with Crippen molar-refractivity contribution in [3.05, 3.63) is 42.6 Å². The number of hydrogen-bond donors (Lipinski definition) is 1. The molecule has 0 radical (unpaired) electrons. The van der Waals surface area contributed by atoms with Crippen molar-refractivity contribution in [2.75, 3.05) is 23.7 Å². The summed E-state index contributed by atoms with van der Waals surface area (Å²) in [6, 6.07) is 12.3. The minimum Gasteiger partial charge on any atom is -0.382 e. The van der Waals surface area contributed by atoms with E-state index in [1.165, 1.54) is 5.69 Å². The number of rotatable bonds is 6. The SMILES string of the molecule is CCN(CCCn1ccc(N)n1)c1ccccc1. The van der Waals surface area contributed by atoms with Crippen molar-refractivity contribution in [2.24, 2.45) is 0 Å². The van der Waals surface area contributed by atoms with Crippen molar-refractivity contribution in [1.29, 1.82) is 0 Å². The van der Waals surface area contributed by atoms with Crippen LogP contribution in [0.25, 0.3) is 0 Å². The zero-order valence-corrected chi connectivity index (χ0v) is 10.8. The molecule has 0 aliphatic carbocycles. The Hall–Kier alpha value is -1.97. The molecule has 0 bridgehead atoms. The van der Waals surface area contributed by atoms with Crippen molar-refractivity contribution in [1.82, 2.24) is 9.78 Å². The predicted molar refractivity (Wildman–Crippen MR) is 75.6 cm³/mol. The first-order valence-electron chi connectivity index (χ1n) is 6.38. The molecule has 0 unspecified atom stereocenters. The van der Waals surface area contributed by atoms with E-state index < -0.39 is 0 Å². The maximum Gasteiger partial charge on any atom is 0.145 e. The molecule has 0 fully saturated rings. The van der Waals surface area contributed by atoms with Crippen molar-refractivity contribution in [3.8, 4) is 0 Å². The second-order valence-electron chi connectivity index (χ2n) is 4.27. The van der Waals surface area contributed by atoms with Gasteiger partial charge >= 0.3 is 0 Å². The van der Waals surface area contributed by atoms with E-state index >= 15 is 0 Å². The molecule has 96 valence electrons. The summed E-state index contributed by atoms with van der Waals surface area (Å²) >= 11 is 0. The number of anilines is 2. The third-order valence-corrected chi connectivity index (χ3v) is 2.98. The van der Waals surface area contributed by atoms with E-state index in [2.05, 4.69) is 41.2 Å². The number of aromatic nitrogens is 2. The van der Waals surface area contributed by atoms with Crippen LogP contribution in [-0.4, -0.2) is 22.9 Å². The molecule has 4 heteroatoms. The van der Waals surface area contributed by atoms with Gasteiger partial charge in [-0.05, 0) is 31.5 Å². The highest BCUT2D eigenvalue weighted by Crippen LogP contribution is 2.13. The molecule has 0 spiro atoms. The van der Waals surface area contributed by atoms with Crippen LogP contribution in [0.1, 0.15) is 13.3 Å². The van der Waals surface area contributed by atoms with Gasteiger partial charge in [0.15, 0.2) is 0 Å². The van der Waals surface area contributed by atoms with Gasteiger partial charge < -0.3 is 10.6 Å². The Morgan fingerprint density at radius 1 is 1.22 bits per heavy atom. The number of hydrogen-bond acceptors (Lipinski definition) is 3. The molecule has 0 amide bonds. The third kappa shape index (κ3) is 3.26. The smallest absolute Gasteiger partial charge is 0.145 e. The van der Waals surface area contributed by atoms with Crippen LogP contribution in [-0.2, 0) is 6.54 Å². The molecular weight excluding hydrogens is 224 g/mol. The van der Waals surface area contributed by atoms with E-state index in [1.807, 2.05) is 23.0 Å². The van der Waals surface area contributed by atoms with Crippen LogP contribution < -0.4 is 10.6 Å². The summed E-state index contributed by atoms with van der Waals surface area (Å²) in [5, 5.41) is 4.18. The molecule has 0 aliphatic heterocycles. The van der Waals surface area contributed by atoms with E-state index in [0.717, 1.165) is 26.1 Å². The number of nitrogens with two attached hydrogens (primary N) is 1. The molecule has 1 aromatic heterocycles. The van der Waals surface area contributed by atoms with Crippen molar-refractivity contribution < 1.29 is 0 Å². The fourth-order valence-corrected chi connectivity index (χ4v) is 2.03. The van der Waals surface area contributed by atoms with Gasteiger partial charge in [0.2, 0.25) is 0 Å². The van der Waals surface area contributed by atoms with Crippen molar-refractivity contribution in [2.45, 2.75) is 19.9 Å². The molecule has 2 N–H and O–H groups in total. The maximum atomic E-state index is 5.58. The average Bonchev–Trinajstić information content (AvgIpc) is 2.81. The summed E-state index contributed by atoms with van der Waals surface area (Å²) in [4.78, 5) is 2.37. The van der Waals surface area contributed by atoms with Gasteiger partial charge in [-0.15, -0.1) is 0 Å². The highest BCUT2D eigenvalue weighted by Gasteiger charge is 2.03. The van der Waals surface area contributed by atoms with Gasteiger partial charge in [-0.25, -0.2) is 0 Å². The summed E-state index contributed by atoms with van der Waals surface area (Å²) < 4.78 is 1.90. The van der Waals surface area contributed by atoms with E-state index in [4.69, 9.17) is 5.73 Å². The first-order chi connectivity index (χ1) is 8.79. The summed E-state index contributed by atoms with van der Waals surface area (Å²) in [6.07, 6.45) is 2.98. The molecule has 0 saturated heterocycles. The lowest BCUT2D eigenvalue weighted by molar-refractivity contribution is 0.574. The van der Waals surface area contributed by atoms with Gasteiger partial charge in [0.1, 0.15) is 5.82 Å². The number of para-hydroxylation sites is 1. The molecule has 2 aromatic rings. The lowest BCUT2D eigenvalue weighted by atomic mass is 10.2. The van der Waals surface area contributed by atoms with Crippen LogP contribution >= 0.6 is 0 Å². The summed E-state index contributed by atoms with van der Waals surface area (Å²) in [6.45, 7) is 5.13. The minimum atomic E-state index is 0.588. The number of aryl methyl sites for hydroxylation is 1.